The van der Waals surface area contributed by atoms with E-state index in [-0.39, 0.29) is 18.3 Å². The zero-order valence-electron chi connectivity index (χ0n) is 14.2. The predicted octanol–water partition coefficient (Wildman–Crippen LogP) is 3.87. The van der Waals surface area contributed by atoms with E-state index >= 15 is 0 Å². The van der Waals surface area contributed by atoms with Crippen LogP contribution in [0.1, 0.15) is 0 Å². The van der Waals surface area contributed by atoms with Gasteiger partial charge in [-0.3, -0.25) is 4.79 Å². The fourth-order valence-corrected chi connectivity index (χ4v) is 3.34. The highest BCUT2D eigenvalue weighted by molar-refractivity contribution is 7.13. The Bertz CT molecular complexity index is 1110. The fourth-order valence-electron chi connectivity index (χ4n) is 2.69. The summed E-state index contributed by atoms with van der Waals surface area (Å²) in [6, 6.07) is 20.9. The maximum Gasteiger partial charge on any atom is 0.437 e. The monoisotopic (exact) mass is 377 g/mol. The van der Waals surface area contributed by atoms with Crippen LogP contribution in [0.25, 0.3) is 21.9 Å². The lowest BCUT2D eigenvalue weighted by Crippen LogP contribution is -2.26. The highest BCUT2D eigenvalue weighted by Gasteiger charge is 2.15. The highest BCUT2D eigenvalue weighted by atomic mass is 32.1. The van der Waals surface area contributed by atoms with Crippen LogP contribution in [-0.4, -0.2) is 15.7 Å². The van der Waals surface area contributed by atoms with Crippen molar-refractivity contribution in [3.8, 4) is 21.9 Å². The van der Waals surface area contributed by atoms with E-state index in [4.69, 9.17) is 4.42 Å². The molecule has 0 aliphatic heterocycles. The lowest BCUT2D eigenvalue weighted by Gasteiger charge is -2.11. The lowest BCUT2D eigenvalue weighted by atomic mass is 10.0. The molecule has 2 aromatic carbocycles. The van der Waals surface area contributed by atoms with E-state index in [1.165, 1.54) is 11.3 Å². The molecule has 7 heteroatoms. The van der Waals surface area contributed by atoms with Crippen LogP contribution >= 0.6 is 11.3 Å². The fraction of sp³-hybridized carbons (Fsp3) is 0.0500. The maximum absolute atomic E-state index is 12.5. The molecule has 0 radical (unpaired) electrons. The number of thiophene rings is 1. The third-order valence-corrected chi connectivity index (χ3v) is 4.78. The number of para-hydroxylation sites is 1. The number of nitrogens with zero attached hydrogens (tertiary/aromatic N) is 2. The topological polar surface area (TPSA) is 77.1 Å². The molecule has 1 amide bonds. The molecule has 0 aliphatic rings. The first-order valence-electron chi connectivity index (χ1n) is 8.27. The molecule has 27 heavy (non-hydrogen) atoms. The van der Waals surface area contributed by atoms with Gasteiger partial charge in [-0.1, -0.05) is 54.6 Å². The van der Waals surface area contributed by atoms with Gasteiger partial charge in [-0.05, 0) is 23.1 Å². The first kappa shape index (κ1) is 17.0. The molecule has 0 saturated carbocycles. The van der Waals surface area contributed by atoms with E-state index in [0.29, 0.717) is 5.69 Å². The molecule has 1 N–H and O–H groups in total. The minimum Gasteiger partial charge on any atom is -0.387 e. The molecule has 0 fully saturated rings. The quantitative estimate of drug-likeness (QED) is 0.573. The van der Waals surface area contributed by atoms with Gasteiger partial charge in [-0.15, -0.1) is 16.4 Å². The average Bonchev–Trinajstić information content (AvgIpc) is 3.33. The van der Waals surface area contributed by atoms with E-state index in [1.807, 2.05) is 66.0 Å². The number of benzene rings is 2. The number of rotatable bonds is 5. The van der Waals surface area contributed by atoms with Crippen LogP contribution in [0.4, 0.5) is 5.69 Å². The summed E-state index contributed by atoms with van der Waals surface area (Å²) < 4.78 is 6.15. The first-order chi connectivity index (χ1) is 13.2. The van der Waals surface area contributed by atoms with Crippen LogP contribution in [0.15, 0.2) is 81.3 Å². The summed E-state index contributed by atoms with van der Waals surface area (Å²) in [5.74, 6) is -0.802. The number of carbonyl (C=O) groups excluding carboxylic acids is 1. The maximum atomic E-state index is 12.5. The van der Waals surface area contributed by atoms with Crippen molar-refractivity contribution in [3.63, 3.8) is 0 Å². The Morgan fingerprint density at radius 1 is 1.04 bits per heavy atom. The smallest absolute Gasteiger partial charge is 0.387 e. The molecule has 134 valence electrons. The minimum absolute atomic E-state index is 0.215. The van der Waals surface area contributed by atoms with Crippen molar-refractivity contribution in [1.82, 2.24) is 9.78 Å². The molecular formula is C20H15N3O3S. The van der Waals surface area contributed by atoms with Gasteiger partial charge < -0.3 is 9.73 Å². The molecule has 0 atom stereocenters. The van der Waals surface area contributed by atoms with E-state index in [1.54, 1.807) is 6.07 Å². The van der Waals surface area contributed by atoms with Gasteiger partial charge in [0.15, 0.2) is 0 Å². The Hall–Kier alpha value is -3.45. The van der Waals surface area contributed by atoms with Gasteiger partial charge >= 0.3 is 5.76 Å². The molecule has 0 saturated heterocycles. The Labute approximate surface area is 158 Å². The molecule has 0 bridgehead atoms. The van der Waals surface area contributed by atoms with Gasteiger partial charge in [0, 0.05) is 11.3 Å². The summed E-state index contributed by atoms with van der Waals surface area (Å²) >= 11 is 1.41. The van der Waals surface area contributed by atoms with Gasteiger partial charge in [-0.25, -0.2) is 4.79 Å². The second-order valence-electron chi connectivity index (χ2n) is 5.77. The van der Waals surface area contributed by atoms with Crippen molar-refractivity contribution in [2.45, 2.75) is 6.54 Å². The highest BCUT2D eigenvalue weighted by Crippen LogP contribution is 2.27. The molecule has 4 rings (SSSR count). The molecule has 0 aliphatic carbocycles. The third-order valence-electron chi connectivity index (χ3n) is 3.92. The SMILES string of the molecule is O=C(Cn1nc(-c2cccs2)oc1=O)Nc1ccccc1-c1ccccc1. The molecule has 6 nitrogen and oxygen atoms in total. The van der Waals surface area contributed by atoms with Crippen molar-refractivity contribution < 1.29 is 9.21 Å². The molecular weight excluding hydrogens is 362 g/mol. The molecule has 0 unspecified atom stereocenters. The second-order valence-corrected chi connectivity index (χ2v) is 6.72. The van der Waals surface area contributed by atoms with E-state index in [0.717, 1.165) is 20.7 Å². The summed E-state index contributed by atoms with van der Waals surface area (Å²) in [4.78, 5) is 25.2. The molecule has 2 heterocycles. The van der Waals surface area contributed by atoms with Crippen LogP contribution in [0, 0.1) is 0 Å². The lowest BCUT2D eigenvalue weighted by molar-refractivity contribution is -0.117. The van der Waals surface area contributed by atoms with Crippen LogP contribution in [0.5, 0.6) is 0 Å². The van der Waals surface area contributed by atoms with E-state index in [2.05, 4.69) is 10.4 Å². The second kappa shape index (κ2) is 7.43. The van der Waals surface area contributed by atoms with E-state index in [9.17, 15) is 9.59 Å². The minimum atomic E-state index is -0.662. The standard InChI is InChI=1S/C20H15N3O3S/c24-18(13-23-20(25)26-19(22-23)17-11-6-12-27-17)21-16-10-5-4-9-15(16)14-7-2-1-3-8-14/h1-12H,13H2,(H,21,24). The first-order valence-corrected chi connectivity index (χ1v) is 9.15. The van der Waals surface area contributed by atoms with Crippen LogP contribution < -0.4 is 11.1 Å². The number of nitrogens with one attached hydrogen (secondary N) is 1. The molecule has 4 aromatic rings. The Balaban J connectivity index is 1.54. The normalized spacial score (nSPS) is 10.7. The average molecular weight is 377 g/mol. The largest absolute Gasteiger partial charge is 0.437 e. The summed E-state index contributed by atoms with van der Waals surface area (Å²) in [6.45, 7) is -0.225. The van der Waals surface area contributed by atoms with E-state index < -0.39 is 5.76 Å². The van der Waals surface area contributed by atoms with Crippen molar-refractivity contribution in [1.29, 1.82) is 0 Å². The third kappa shape index (κ3) is 3.73. The van der Waals surface area contributed by atoms with Crippen LogP contribution in [0.2, 0.25) is 0 Å². The zero-order chi connectivity index (χ0) is 18.6. The van der Waals surface area contributed by atoms with Gasteiger partial charge in [0.2, 0.25) is 5.91 Å². The van der Waals surface area contributed by atoms with Crippen molar-refractivity contribution in [3.05, 3.63) is 82.7 Å². The predicted molar refractivity (Wildman–Crippen MR) is 105 cm³/mol. The number of carbonyl (C=O) groups is 1. The van der Waals surface area contributed by atoms with Crippen molar-refractivity contribution >= 4 is 22.9 Å². The number of hydrogen-bond donors (Lipinski definition) is 1. The van der Waals surface area contributed by atoms with Gasteiger partial charge in [-0.2, -0.15) is 4.68 Å². The number of amides is 1. The summed E-state index contributed by atoms with van der Waals surface area (Å²) in [5, 5.41) is 8.82. The Kier molecular flexibility index (Phi) is 4.67. The summed E-state index contributed by atoms with van der Waals surface area (Å²) in [5.41, 5.74) is 2.56. The van der Waals surface area contributed by atoms with Crippen molar-refractivity contribution in [2.75, 3.05) is 5.32 Å². The Morgan fingerprint density at radius 2 is 1.81 bits per heavy atom. The number of hydrogen-bond acceptors (Lipinski definition) is 5. The molecule has 0 spiro atoms. The van der Waals surface area contributed by atoms with Crippen molar-refractivity contribution in [2.24, 2.45) is 0 Å². The van der Waals surface area contributed by atoms with Gasteiger partial charge in [0.1, 0.15) is 6.54 Å². The number of anilines is 1. The summed E-state index contributed by atoms with van der Waals surface area (Å²) in [7, 11) is 0. The summed E-state index contributed by atoms with van der Waals surface area (Å²) in [6.07, 6.45) is 0. The zero-order valence-corrected chi connectivity index (χ0v) is 15.0. The van der Waals surface area contributed by atoms with Crippen LogP contribution in [0.3, 0.4) is 0 Å². The Morgan fingerprint density at radius 3 is 2.59 bits per heavy atom. The van der Waals surface area contributed by atoms with Gasteiger partial charge in [0.05, 0.1) is 4.88 Å². The molecule has 2 aromatic heterocycles. The van der Waals surface area contributed by atoms with Gasteiger partial charge in [0.25, 0.3) is 5.89 Å². The van der Waals surface area contributed by atoms with Crippen LogP contribution in [-0.2, 0) is 11.3 Å². The number of aromatic nitrogens is 2.